The molecule has 1 heterocycles. The third-order valence-electron chi connectivity index (χ3n) is 6.09. The summed E-state index contributed by atoms with van der Waals surface area (Å²) < 4.78 is 42.4. The molecule has 0 aliphatic carbocycles. The Morgan fingerprint density at radius 3 is 2.53 bits per heavy atom. The number of halogens is 4. The van der Waals surface area contributed by atoms with Gasteiger partial charge in [0, 0.05) is 23.2 Å². The van der Waals surface area contributed by atoms with Crippen LogP contribution in [0.3, 0.4) is 0 Å². The highest BCUT2D eigenvalue weighted by Crippen LogP contribution is 2.44. The first-order valence-corrected chi connectivity index (χ1v) is 11.7. The Morgan fingerprint density at radius 1 is 1.22 bits per heavy atom. The zero-order valence-corrected chi connectivity index (χ0v) is 20.7. The van der Waals surface area contributed by atoms with Crippen LogP contribution in [0.5, 0.6) is 5.88 Å². The van der Waals surface area contributed by atoms with E-state index in [9.17, 15) is 23.2 Å². The lowest BCUT2D eigenvalue weighted by Crippen LogP contribution is -2.27. The highest BCUT2D eigenvalue weighted by Gasteiger charge is 2.39. The molecule has 0 fully saturated rings. The fourth-order valence-electron chi connectivity index (χ4n) is 4.20. The zero-order chi connectivity index (χ0) is 26.5. The molecule has 36 heavy (non-hydrogen) atoms. The van der Waals surface area contributed by atoms with E-state index >= 15 is 0 Å². The number of alkyl halides is 3. The summed E-state index contributed by atoms with van der Waals surface area (Å²) in [6.07, 6.45) is -3.39. The van der Waals surface area contributed by atoms with Crippen molar-refractivity contribution in [2.75, 3.05) is 0 Å². The second kappa shape index (κ2) is 11.4. The fraction of sp³-hybridized carbons (Fsp3) is 0.296. The van der Waals surface area contributed by atoms with Crippen LogP contribution in [-0.4, -0.2) is 10.9 Å². The van der Waals surface area contributed by atoms with Crippen molar-refractivity contribution in [3.63, 3.8) is 0 Å². The van der Waals surface area contributed by atoms with Gasteiger partial charge in [0.05, 0.1) is 17.2 Å². The number of hydrogen-bond donors (Lipinski definition) is 1. The number of carbonyl (C=O) groups excluding carboxylic acids is 1. The number of nitriles is 1. The summed E-state index contributed by atoms with van der Waals surface area (Å²) in [4.78, 5) is 20.7. The van der Waals surface area contributed by atoms with Gasteiger partial charge in [0.25, 0.3) is 5.91 Å². The fourth-order valence-corrected chi connectivity index (χ4v) is 4.32. The van der Waals surface area contributed by atoms with Crippen molar-refractivity contribution in [2.45, 2.75) is 51.6 Å². The van der Waals surface area contributed by atoms with Crippen molar-refractivity contribution in [3.05, 3.63) is 93.1 Å². The van der Waals surface area contributed by atoms with Crippen LogP contribution in [0.4, 0.5) is 13.2 Å². The van der Waals surface area contributed by atoms with E-state index in [0.717, 1.165) is 17.3 Å². The van der Waals surface area contributed by atoms with Crippen molar-refractivity contribution < 1.29 is 22.8 Å². The van der Waals surface area contributed by atoms with Gasteiger partial charge in [-0.2, -0.15) is 23.9 Å². The minimum Gasteiger partial charge on any atom is -0.359 e. The van der Waals surface area contributed by atoms with Gasteiger partial charge in [0.15, 0.2) is 0 Å². The maximum absolute atomic E-state index is 14.1. The van der Waals surface area contributed by atoms with Gasteiger partial charge >= 0.3 is 6.18 Å². The monoisotopic (exact) mass is 515 g/mol. The van der Waals surface area contributed by atoms with Crippen LogP contribution >= 0.6 is 11.6 Å². The number of rotatable bonds is 8. The average molecular weight is 516 g/mol. The van der Waals surface area contributed by atoms with Gasteiger partial charge in [-0.3, -0.25) is 4.79 Å². The van der Waals surface area contributed by atoms with Gasteiger partial charge < -0.3 is 4.84 Å². The smallest absolute Gasteiger partial charge is 0.359 e. The van der Waals surface area contributed by atoms with Crippen LogP contribution in [0.25, 0.3) is 0 Å². The van der Waals surface area contributed by atoms with Gasteiger partial charge in [-0.15, -0.1) is 0 Å². The molecular formula is C27H25ClF3N3O2. The molecule has 1 amide bonds. The topological polar surface area (TPSA) is 75.0 Å². The molecule has 0 aliphatic rings. The molecule has 0 aliphatic heterocycles. The largest absolute Gasteiger partial charge is 0.418 e. The molecule has 0 radical (unpaired) electrons. The molecule has 2 aromatic carbocycles. The highest BCUT2D eigenvalue weighted by molar-refractivity contribution is 6.30. The SMILES string of the molecule is CCC(=O)NOc1ncc(C(F)(F)F)c([C@@H](C)[C@H](Cc2ccc(Cl)cc2)c2cccc(C#N)c2)c1C. The molecule has 1 aromatic heterocycles. The Hall–Kier alpha value is -3.57. The number of pyridine rings is 1. The summed E-state index contributed by atoms with van der Waals surface area (Å²) in [5.41, 5.74) is 3.53. The Morgan fingerprint density at radius 2 is 1.92 bits per heavy atom. The normalized spacial score (nSPS) is 12.9. The summed E-state index contributed by atoms with van der Waals surface area (Å²) in [6, 6.07) is 16.1. The number of nitrogens with one attached hydrogen (secondary N) is 1. The third-order valence-corrected chi connectivity index (χ3v) is 6.34. The molecule has 9 heteroatoms. The van der Waals surface area contributed by atoms with E-state index in [1.807, 2.05) is 12.1 Å². The number of carbonyl (C=O) groups is 1. The van der Waals surface area contributed by atoms with E-state index in [0.29, 0.717) is 17.0 Å². The van der Waals surface area contributed by atoms with Crippen molar-refractivity contribution in [3.8, 4) is 11.9 Å². The molecule has 3 aromatic rings. The van der Waals surface area contributed by atoms with E-state index in [1.165, 1.54) is 6.92 Å². The average Bonchev–Trinajstić information content (AvgIpc) is 2.86. The standard InChI is InChI=1S/C27H25ClF3N3O2/c1-4-24(35)34-36-26-17(3)25(23(15-33-26)27(29,30)31)16(2)22(13-18-8-10-21(28)11-9-18)20-7-5-6-19(12-20)14-32/h5-12,15-16,22H,4,13H2,1-3H3,(H,34,35)/t16-,22-/m0/s1. The number of benzene rings is 2. The summed E-state index contributed by atoms with van der Waals surface area (Å²) >= 11 is 6.02. The minimum atomic E-state index is -4.66. The lowest BCUT2D eigenvalue weighted by Gasteiger charge is -2.29. The second-order valence-corrected chi connectivity index (χ2v) is 8.89. The number of hydroxylamine groups is 1. The lowest BCUT2D eigenvalue weighted by atomic mass is 9.76. The predicted octanol–water partition coefficient (Wildman–Crippen LogP) is 6.88. The first-order chi connectivity index (χ1) is 17.0. The number of hydrogen-bond acceptors (Lipinski definition) is 4. The van der Waals surface area contributed by atoms with E-state index in [1.54, 1.807) is 50.2 Å². The van der Waals surface area contributed by atoms with Crippen molar-refractivity contribution in [1.82, 2.24) is 10.5 Å². The molecule has 0 bridgehead atoms. The van der Waals surface area contributed by atoms with E-state index in [2.05, 4.69) is 16.5 Å². The van der Waals surface area contributed by atoms with Crippen LogP contribution in [0, 0.1) is 18.3 Å². The molecule has 3 rings (SSSR count). The molecule has 0 spiro atoms. The van der Waals surface area contributed by atoms with Crippen LogP contribution in [-0.2, 0) is 17.4 Å². The molecule has 5 nitrogen and oxygen atoms in total. The third kappa shape index (κ3) is 6.35. The quantitative estimate of drug-likeness (QED) is 0.332. The molecule has 2 atom stereocenters. The Balaban J connectivity index is 2.15. The highest BCUT2D eigenvalue weighted by atomic mass is 35.5. The van der Waals surface area contributed by atoms with Gasteiger partial charge in [-0.05, 0) is 66.1 Å². The van der Waals surface area contributed by atoms with Gasteiger partial charge in [0.2, 0.25) is 5.88 Å². The molecule has 188 valence electrons. The molecule has 0 unspecified atom stereocenters. The first kappa shape index (κ1) is 27.0. The lowest BCUT2D eigenvalue weighted by molar-refractivity contribution is -0.139. The minimum absolute atomic E-state index is 0.0135. The second-order valence-electron chi connectivity index (χ2n) is 8.46. The van der Waals surface area contributed by atoms with Crippen LogP contribution in [0.2, 0.25) is 5.02 Å². The van der Waals surface area contributed by atoms with Crippen LogP contribution < -0.4 is 10.3 Å². The van der Waals surface area contributed by atoms with Crippen molar-refractivity contribution >= 4 is 17.5 Å². The van der Waals surface area contributed by atoms with E-state index < -0.39 is 29.5 Å². The summed E-state index contributed by atoms with van der Waals surface area (Å²) in [6.45, 7) is 4.83. The van der Waals surface area contributed by atoms with Gasteiger partial charge in [-0.1, -0.05) is 49.7 Å². The Bertz CT molecular complexity index is 1270. The van der Waals surface area contributed by atoms with E-state index in [4.69, 9.17) is 16.4 Å². The first-order valence-electron chi connectivity index (χ1n) is 11.3. The van der Waals surface area contributed by atoms with Crippen LogP contribution in [0.1, 0.15) is 65.5 Å². The maximum Gasteiger partial charge on any atom is 0.418 e. The van der Waals surface area contributed by atoms with Gasteiger partial charge in [-0.25, -0.2) is 4.98 Å². The molecule has 1 N–H and O–H groups in total. The maximum atomic E-state index is 14.1. The Labute approximate surface area is 212 Å². The number of amides is 1. The zero-order valence-electron chi connectivity index (χ0n) is 20.0. The van der Waals surface area contributed by atoms with Crippen molar-refractivity contribution in [2.24, 2.45) is 0 Å². The van der Waals surface area contributed by atoms with E-state index in [-0.39, 0.29) is 23.4 Å². The molecular weight excluding hydrogens is 491 g/mol. The van der Waals surface area contributed by atoms with Gasteiger partial charge in [0.1, 0.15) is 0 Å². The predicted molar refractivity (Wildman–Crippen MR) is 131 cm³/mol. The number of nitrogens with zero attached hydrogens (tertiary/aromatic N) is 2. The Kier molecular flexibility index (Phi) is 8.59. The molecule has 0 saturated heterocycles. The van der Waals surface area contributed by atoms with Crippen molar-refractivity contribution in [1.29, 1.82) is 5.26 Å². The van der Waals surface area contributed by atoms with Crippen LogP contribution in [0.15, 0.2) is 54.7 Å². The summed E-state index contributed by atoms with van der Waals surface area (Å²) in [5.74, 6) is -1.64. The number of aromatic nitrogens is 1. The summed E-state index contributed by atoms with van der Waals surface area (Å²) in [7, 11) is 0. The molecule has 0 saturated carbocycles. The summed E-state index contributed by atoms with van der Waals surface area (Å²) in [5, 5.41) is 9.95.